The first-order valence-electron chi connectivity index (χ1n) is 3.58. The van der Waals surface area contributed by atoms with E-state index in [2.05, 4.69) is 0 Å². The molecule has 0 spiro atoms. The average molecular weight is 185 g/mol. The molecule has 0 amide bonds. The van der Waals surface area contributed by atoms with E-state index in [1.807, 2.05) is 0 Å². The fraction of sp³-hybridized carbons (Fsp3) is 0.222. The average Bonchev–Trinajstić information content (AvgIpc) is 2.13. The standard InChI is InChI=1S/C9H6F3N/c10-5-6-3-7(1-2-13)9(12)8(11)4-6/h3-4H,1,5H2. The number of hydrogen-bond donors (Lipinski definition) is 0. The van der Waals surface area contributed by atoms with Gasteiger partial charge in [0.05, 0.1) is 12.5 Å². The van der Waals surface area contributed by atoms with Gasteiger partial charge in [-0.1, -0.05) is 0 Å². The summed E-state index contributed by atoms with van der Waals surface area (Å²) in [5, 5.41) is 8.27. The molecule has 0 aliphatic rings. The molecule has 0 N–H and O–H groups in total. The number of nitriles is 1. The third-order valence-corrected chi connectivity index (χ3v) is 1.59. The summed E-state index contributed by atoms with van der Waals surface area (Å²) in [6.45, 7) is -0.865. The van der Waals surface area contributed by atoms with Gasteiger partial charge in [-0.2, -0.15) is 5.26 Å². The molecule has 1 nitrogen and oxygen atoms in total. The van der Waals surface area contributed by atoms with Crippen LogP contribution in [0.1, 0.15) is 11.1 Å². The van der Waals surface area contributed by atoms with Crippen LogP contribution in [0, 0.1) is 23.0 Å². The second kappa shape index (κ2) is 3.94. The Hall–Kier alpha value is -1.50. The van der Waals surface area contributed by atoms with Crippen LogP contribution in [0.4, 0.5) is 13.2 Å². The number of rotatable bonds is 2. The van der Waals surface area contributed by atoms with Crippen molar-refractivity contribution < 1.29 is 13.2 Å². The maximum atomic E-state index is 12.9. The van der Waals surface area contributed by atoms with E-state index in [4.69, 9.17) is 5.26 Å². The second-order valence-electron chi connectivity index (χ2n) is 2.52. The van der Waals surface area contributed by atoms with Crippen LogP contribution in [0.2, 0.25) is 0 Å². The maximum absolute atomic E-state index is 12.9. The van der Waals surface area contributed by atoms with Gasteiger partial charge >= 0.3 is 0 Å². The lowest BCUT2D eigenvalue weighted by Crippen LogP contribution is -1.96. The van der Waals surface area contributed by atoms with Gasteiger partial charge in [0.25, 0.3) is 0 Å². The van der Waals surface area contributed by atoms with Crippen molar-refractivity contribution in [2.75, 3.05) is 0 Å². The first-order valence-corrected chi connectivity index (χ1v) is 3.58. The van der Waals surface area contributed by atoms with Gasteiger partial charge in [0.15, 0.2) is 11.6 Å². The van der Waals surface area contributed by atoms with Crippen LogP contribution in [0.25, 0.3) is 0 Å². The van der Waals surface area contributed by atoms with E-state index in [0.717, 1.165) is 12.1 Å². The Balaban J connectivity index is 3.18. The lowest BCUT2D eigenvalue weighted by atomic mass is 10.1. The van der Waals surface area contributed by atoms with E-state index >= 15 is 0 Å². The number of halogens is 3. The molecule has 13 heavy (non-hydrogen) atoms. The van der Waals surface area contributed by atoms with Crippen molar-refractivity contribution in [1.82, 2.24) is 0 Å². The van der Waals surface area contributed by atoms with E-state index in [9.17, 15) is 13.2 Å². The molecular formula is C9H6F3N. The fourth-order valence-corrected chi connectivity index (χ4v) is 0.999. The van der Waals surface area contributed by atoms with Crippen LogP contribution < -0.4 is 0 Å². The zero-order valence-corrected chi connectivity index (χ0v) is 6.65. The van der Waals surface area contributed by atoms with Gasteiger partial charge in [-0.15, -0.1) is 0 Å². The monoisotopic (exact) mass is 185 g/mol. The number of benzene rings is 1. The highest BCUT2D eigenvalue weighted by Crippen LogP contribution is 2.16. The minimum Gasteiger partial charge on any atom is -0.246 e. The van der Waals surface area contributed by atoms with Crippen LogP contribution in [0.15, 0.2) is 12.1 Å². The molecule has 0 aliphatic carbocycles. The quantitative estimate of drug-likeness (QED) is 0.694. The van der Waals surface area contributed by atoms with Crippen LogP contribution in [0.3, 0.4) is 0 Å². The van der Waals surface area contributed by atoms with Crippen molar-refractivity contribution >= 4 is 0 Å². The van der Waals surface area contributed by atoms with Gasteiger partial charge in [-0.25, -0.2) is 13.2 Å². The highest BCUT2D eigenvalue weighted by atomic mass is 19.2. The molecule has 0 aromatic heterocycles. The number of nitrogens with zero attached hydrogens (tertiary/aromatic N) is 1. The molecule has 0 radical (unpaired) electrons. The van der Waals surface area contributed by atoms with E-state index in [1.165, 1.54) is 0 Å². The summed E-state index contributed by atoms with van der Waals surface area (Å²) >= 11 is 0. The summed E-state index contributed by atoms with van der Waals surface area (Å²) < 4.78 is 37.6. The maximum Gasteiger partial charge on any atom is 0.163 e. The molecule has 1 rings (SSSR count). The molecule has 1 aromatic carbocycles. The second-order valence-corrected chi connectivity index (χ2v) is 2.52. The molecule has 0 fully saturated rings. The van der Waals surface area contributed by atoms with Crippen molar-refractivity contribution in [2.45, 2.75) is 13.1 Å². The molecule has 68 valence electrons. The molecular weight excluding hydrogens is 179 g/mol. The molecule has 0 unspecified atom stereocenters. The summed E-state index contributed by atoms with van der Waals surface area (Å²) in [6, 6.07) is 3.62. The van der Waals surface area contributed by atoms with Crippen molar-refractivity contribution in [3.63, 3.8) is 0 Å². The fourth-order valence-electron chi connectivity index (χ4n) is 0.999. The van der Waals surface area contributed by atoms with Gasteiger partial charge in [-0.05, 0) is 17.7 Å². The van der Waals surface area contributed by atoms with E-state index in [-0.39, 0.29) is 17.5 Å². The third kappa shape index (κ3) is 2.00. The Bertz CT molecular complexity index is 355. The van der Waals surface area contributed by atoms with Crippen molar-refractivity contribution in [2.24, 2.45) is 0 Å². The summed E-state index contributed by atoms with van der Waals surface area (Å²) in [7, 11) is 0. The Morgan fingerprint density at radius 2 is 2.00 bits per heavy atom. The summed E-state index contributed by atoms with van der Waals surface area (Å²) in [5.41, 5.74) is -0.0562. The smallest absolute Gasteiger partial charge is 0.163 e. The van der Waals surface area contributed by atoms with Gasteiger partial charge in [-0.3, -0.25) is 0 Å². The van der Waals surface area contributed by atoms with E-state index in [1.54, 1.807) is 6.07 Å². The molecule has 1 aromatic rings. The van der Waals surface area contributed by atoms with Crippen LogP contribution >= 0.6 is 0 Å². The van der Waals surface area contributed by atoms with Gasteiger partial charge in [0.2, 0.25) is 0 Å². The normalized spacial score (nSPS) is 9.69. The number of alkyl halides is 1. The summed E-state index contributed by atoms with van der Waals surface area (Å²) in [6.07, 6.45) is -0.253. The first-order chi connectivity index (χ1) is 6.19. The van der Waals surface area contributed by atoms with Crippen LogP contribution in [0.5, 0.6) is 0 Å². The predicted octanol–water partition coefficient (Wildman–Crippen LogP) is 2.50. The van der Waals surface area contributed by atoms with Crippen LogP contribution in [-0.2, 0) is 13.1 Å². The molecule has 0 saturated heterocycles. The minimum atomic E-state index is -1.11. The van der Waals surface area contributed by atoms with Crippen molar-refractivity contribution in [1.29, 1.82) is 5.26 Å². The van der Waals surface area contributed by atoms with E-state index in [0.29, 0.717) is 0 Å². The summed E-state index contributed by atoms with van der Waals surface area (Å²) in [5.74, 6) is -2.18. The van der Waals surface area contributed by atoms with Gasteiger partial charge in [0.1, 0.15) is 6.67 Å². The van der Waals surface area contributed by atoms with Crippen LogP contribution in [-0.4, -0.2) is 0 Å². The molecule has 0 aliphatic heterocycles. The van der Waals surface area contributed by atoms with E-state index < -0.39 is 18.3 Å². The predicted molar refractivity (Wildman–Crippen MR) is 40.5 cm³/mol. The SMILES string of the molecule is N#CCc1cc(CF)cc(F)c1F. The molecule has 0 heterocycles. The lowest BCUT2D eigenvalue weighted by Gasteiger charge is -2.01. The van der Waals surface area contributed by atoms with Crippen molar-refractivity contribution in [3.8, 4) is 6.07 Å². The first kappa shape index (κ1) is 9.59. The van der Waals surface area contributed by atoms with Crippen molar-refractivity contribution in [3.05, 3.63) is 34.9 Å². The molecule has 0 atom stereocenters. The third-order valence-electron chi connectivity index (χ3n) is 1.59. The molecule has 0 saturated carbocycles. The highest BCUT2D eigenvalue weighted by molar-refractivity contribution is 5.27. The van der Waals surface area contributed by atoms with Gasteiger partial charge < -0.3 is 0 Å². The topological polar surface area (TPSA) is 23.8 Å². The largest absolute Gasteiger partial charge is 0.246 e. The Morgan fingerprint density at radius 1 is 1.31 bits per heavy atom. The molecule has 0 bridgehead atoms. The Kier molecular flexibility index (Phi) is 2.91. The Morgan fingerprint density at radius 3 is 2.54 bits per heavy atom. The highest BCUT2D eigenvalue weighted by Gasteiger charge is 2.09. The summed E-state index contributed by atoms with van der Waals surface area (Å²) in [4.78, 5) is 0. The van der Waals surface area contributed by atoms with Gasteiger partial charge in [0, 0.05) is 5.56 Å². The number of hydrogen-bond acceptors (Lipinski definition) is 1. The molecule has 4 heteroatoms. The lowest BCUT2D eigenvalue weighted by molar-refractivity contribution is 0.469. The minimum absolute atomic E-state index is 0.0455. The zero-order valence-electron chi connectivity index (χ0n) is 6.65. The zero-order chi connectivity index (χ0) is 9.84. The Labute approximate surface area is 73.4 Å².